The van der Waals surface area contributed by atoms with Gasteiger partial charge in [-0.25, -0.2) is 9.78 Å². The van der Waals surface area contributed by atoms with E-state index in [1.807, 2.05) is 24.3 Å². The number of carbonyl (C=O) groups excluding carboxylic acids is 1. The molecule has 1 aromatic carbocycles. The highest BCUT2D eigenvalue weighted by molar-refractivity contribution is 7.20. The van der Waals surface area contributed by atoms with Gasteiger partial charge in [0.1, 0.15) is 15.5 Å². The number of Topliss-reactive ketones (excluding diaryl/α,β-unsaturated/α-hetero) is 1. The van der Waals surface area contributed by atoms with Crippen molar-refractivity contribution in [2.75, 3.05) is 7.11 Å². The number of methoxy groups -OCH3 is 1. The number of nitrogens with one attached hydrogen (secondary N) is 1. The topological polar surface area (TPSA) is 109 Å². The molecule has 0 aliphatic heterocycles. The second kappa shape index (κ2) is 7.09. The number of fused-ring (bicyclic) bond motifs is 1. The smallest absolute Gasteiger partial charge is 0.346 e. The maximum atomic E-state index is 12.4. The Kier molecular flexibility index (Phi) is 4.85. The summed E-state index contributed by atoms with van der Waals surface area (Å²) in [5, 5.41) is 9.40. The van der Waals surface area contributed by atoms with Gasteiger partial charge >= 0.3 is 5.97 Å². The van der Waals surface area contributed by atoms with Gasteiger partial charge in [-0.2, -0.15) is 0 Å². The van der Waals surface area contributed by atoms with Crippen LogP contribution in [-0.2, 0) is 6.42 Å². The third kappa shape index (κ3) is 3.36. The van der Waals surface area contributed by atoms with Crippen LogP contribution in [-0.4, -0.2) is 33.9 Å². The summed E-state index contributed by atoms with van der Waals surface area (Å²) in [5.74, 6) is -0.771. The quantitative estimate of drug-likeness (QED) is 0.644. The van der Waals surface area contributed by atoms with Crippen LogP contribution in [0.2, 0.25) is 0 Å². The van der Waals surface area contributed by atoms with Gasteiger partial charge in [0.25, 0.3) is 5.56 Å². The lowest BCUT2D eigenvalue weighted by Crippen LogP contribution is -2.16. The number of carboxylic acid groups (broad SMARTS) is 1. The van der Waals surface area contributed by atoms with E-state index in [2.05, 4.69) is 9.97 Å². The number of hydrogen-bond donors (Lipinski definition) is 2. The molecule has 0 fully saturated rings. The van der Waals surface area contributed by atoms with E-state index in [-0.39, 0.29) is 33.1 Å². The number of thiophene rings is 1. The van der Waals surface area contributed by atoms with Gasteiger partial charge in [-0.3, -0.25) is 9.59 Å². The zero-order valence-electron chi connectivity index (χ0n) is 14.2. The van der Waals surface area contributed by atoms with E-state index in [1.165, 1.54) is 0 Å². The van der Waals surface area contributed by atoms with Crippen LogP contribution < -0.4 is 10.3 Å². The summed E-state index contributed by atoms with van der Waals surface area (Å²) in [6.45, 7) is 1.56. The minimum atomic E-state index is -1.11. The fourth-order valence-electron chi connectivity index (χ4n) is 2.68. The maximum Gasteiger partial charge on any atom is 0.346 e. The Morgan fingerprint density at radius 1 is 1.35 bits per heavy atom. The third-order valence-corrected chi connectivity index (χ3v) is 5.21. The van der Waals surface area contributed by atoms with Gasteiger partial charge in [0.05, 0.1) is 12.5 Å². The van der Waals surface area contributed by atoms with Gasteiger partial charge in [-0.15, -0.1) is 11.3 Å². The van der Waals surface area contributed by atoms with Crippen molar-refractivity contribution < 1.29 is 19.4 Å². The number of hydrogen-bond acceptors (Lipinski definition) is 6. The molecule has 0 aliphatic rings. The fourth-order valence-corrected chi connectivity index (χ4v) is 3.70. The first-order chi connectivity index (χ1) is 12.4. The number of H-pyrrole nitrogens is 1. The molecule has 134 valence electrons. The molecular formula is C18H16N2O5S. The summed E-state index contributed by atoms with van der Waals surface area (Å²) in [7, 11) is 1.57. The first-order valence-corrected chi connectivity index (χ1v) is 8.65. The summed E-state index contributed by atoms with van der Waals surface area (Å²) < 4.78 is 5.15. The van der Waals surface area contributed by atoms with Crippen LogP contribution in [0.1, 0.15) is 37.8 Å². The number of aromatic amines is 1. The van der Waals surface area contributed by atoms with Gasteiger partial charge < -0.3 is 14.8 Å². The Balaban J connectivity index is 1.86. The molecule has 0 unspecified atom stereocenters. The molecule has 2 aromatic heterocycles. The molecule has 2 N–H and O–H groups in total. The van der Waals surface area contributed by atoms with Gasteiger partial charge in [0.2, 0.25) is 0 Å². The monoisotopic (exact) mass is 372 g/mol. The average molecular weight is 372 g/mol. The van der Waals surface area contributed by atoms with Gasteiger partial charge in [-0.05, 0) is 36.6 Å². The summed E-state index contributed by atoms with van der Waals surface area (Å²) in [4.78, 5) is 42.9. The molecule has 0 bridgehead atoms. The van der Waals surface area contributed by atoms with Crippen LogP contribution >= 0.6 is 11.3 Å². The highest BCUT2D eigenvalue weighted by Gasteiger charge is 2.20. The molecule has 8 heteroatoms. The number of nitrogens with zero attached hydrogens (tertiary/aromatic N) is 1. The SMILES string of the molecule is COc1cccc(CCC(=O)c2nc3sc(C(=O)O)c(C)c3c(=O)[nH]2)c1. The van der Waals surface area contributed by atoms with Crippen LogP contribution in [0, 0.1) is 6.92 Å². The number of aryl methyl sites for hydroxylation is 2. The standard InChI is InChI=1S/C18H16N2O5S/c1-9-13-16(22)19-15(20-17(13)26-14(9)18(23)24)12(21)7-6-10-4-3-5-11(8-10)25-2/h3-5,8H,6-7H2,1-2H3,(H,23,24)(H,19,20,22). The highest BCUT2D eigenvalue weighted by Crippen LogP contribution is 2.27. The van der Waals surface area contributed by atoms with E-state index in [1.54, 1.807) is 14.0 Å². The van der Waals surface area contributed by atoms with Crippen molar-refractivity contribution >= 4 is 33.3 Å². The highest BCUT2D eigenvalue weighted by atomic mass is 32.1. The number of ether oxygens (including phenoxy) is 1. The fraction of sp³-hybridized carbons (Fsp3) is 0.222. The first kappa shape index (κ1) is 17.8. The molecule has 0 radical (unpaired) electrons. The molecule has 7 nitrogen and oxygen atoms in total. The number of ketones is 1. The molecule has 0 saturated carbocycles. The molecule has 3 aromatic rings. The van der Waals surface area contributed by atoms with Crippen molar-refractivity contribution in [1.29, 1.82) is 0 Å². The van der Waals surface area contributed by atoms with Crippen LogP contribution in [0.4, 0.5) is 0 Å². The summed E-state index contributed by atoms with van der Waals surface area (Å²) in [6, 6.07) is 7.38. The lowest BCUT2D eigenvalue weighted by atomic mass is 10.1. The van der Waals surface area contributed by atoms with Crippen LogP contribution in [0.3, 0.4) is 0 Å². The third-order valence-electron chi connectivity index (χ3n) is 4.03. The molecule has 3 rings (SSSR count). The van der Waals surface area contributed by atoms with E-state index in [4.69, 9.17) is 4.74 Å². The lowest BCUT2D eigenvalue weighted by molar-refractivity contribution is 0.0701. The van der Waals surface area contributed by atoms with E-state index in [9.17, 15) is 19.5 Å². The summed E-state index contributed by atoms with van der Waals surface area (Å²) >= 11 is 0.898. The average Bonchev–Trinajstić information content (AvgIpc) is 2.97. The molecular weight excluding hydrogens is 356 g/mol. The van der Waals surface area contributed by atoms with Crippen molar-refractivity contribution in [2.24, 2.45) is 0 Å². The minimum Gasteiger partial charge on any atom is -0.497 e. The Bertz CT molecular complexity index is 1070. The van der Waals surface area contributed by atoms with Crippen LogP contribution in [0.25, 0.3) is 10.2 Å². The predicted octanol–water partition coefficient (Wildman–Crippen LogP) is 2.82. The Morgan fingerprint density at radius 3 is 2.81 bits per heavy atom. The maximum absolute atomic E-state index is 12.4. The van der Waals surface area contributed by atoms with E-state index >= 15 is 0 Å². The number of rotatable bonds is 6. The summed E-state index contributed by atoms with van der Waals surface area (Å²) in [6.07, 6.45) is 0.638. The molecule has 0 atom stereocenters. The Hall–Kier alpha value is -3.00. The molecule has 0 aliphatic carbocycles. The van der Waals surface area contributed by atoms with Crippen molar-refractivity contribution in [2.45, 2.75) is 19.8 Å². The van der Waals surface area contributed by atoms with Crippen molar-refractivity contribution in [3.8, 4) is 5.75 Å². The number of aromatic carboxylic acids is 1. The van der Waals surface area contributed by atoms with Gasteiger partial charge in [0, 0.05) is 6.42 Å². The molecule has 0 saturated heterocycles. The molecule has 0 amide bonds. The van der Waals surface area contributed by atoms with Gasteiger partial charge in [-0.1, -0.05) is 12.1 Å². The summed E-state index contributed by atoms with van der Waals surface area (Å²) in [5.41, 5.74) is 0.795. The van der Waals surface area contributed by atoms with Crippen molar-refractivity contribution in [3.05, 3.63) is 56.4 Å². The largest absolute Gasteiger partial charge is 0.497 e. The van der Waals surface area contributed by atoms with Crippen LogP contribution in [0.15, 0.2) is 29.1 Å². The van der Waals surface area contributed by atoms with Crippen molar-refractivity contribution in [1.82, 2.24) is 9.97 Å². The Morgan fingerprint density at radius 2 is 2.12 bits per heavy atom. The second-order valence-corrected chi connectivity index (χ2v) is 6.73. The normalized spacial score (nSPS) is 10.8. The second-order valence-electron chi connectivity index (χ2n) is 5.73. The van der Waals surface area contributed by atoms with E-state index < -0.39 is 11.5 Å². The number of carboxylic acids is 1. The van der Waals surface area contributed by atoms with Gasteiger partial charge in [0.15, 0.2) is 11.6 Å². The first-order valence-electron chi connectivity index (χ1n) is 7.83. The van der Waals surface area contributed by atoms with Crippen molar-refractivity contribution in [3.63, 3.8) is 0 Å². The minimum absolute atomic E-state index is 0.0522. The zero-order chi connectivity index (χ0) is 18.8. The van der Waals surface area contributed by atoms with E-state index in [0.29, 0.717) is 17.7 Å². The number of aromatic nitrogens is 2. The zero-order valence-corrected chi connectivity index (χ0v) is 15.0. The van der Waals surface area contributed by atoms with Crippen LogP contribution in [0.5, 0.6) is 5.75 Å². The molecule has 2 heterocycles. The van der Waals surface area contributed by atoms with E-state index in [0.717, 1.165) is 16.9 Å². The number of benzene rings is 1. The lowest BCUT2D eigenvalue weighted by Gasteiger charge is -2.04. The molecule has 26 heavy (non-hydrogen) atoms. The molecule has 0 spiro atoms. The number of carbonyl (C=O) groups is 2. The predicted molar refractivity (Wildman–Crippen MR) is 97.6 cm³/mol. The Labute approximate surface area is 152 Å².